The van der Waals surface area contributed by atoms with Crippen molar-refractivity contribution in [3.05, 3.63) is 61.7 Å². The van der Waals surface area contributed by atoms with Crippen LogP contribution in [0.1, 0.15) is 29.8 Å². The standard InChI is InChI=1S/C22H25N5O6S.ClH/c1-5-24(6-2)9-10-25(22-23-19-18(33-4)8-7-14(3)20(19)34-22)21(28)15-11-16(26(29)30)13-17(12-15)27(31)32;/h7-8,11-13H,5-6,9-10H2,1-4H3;1H. The van der Waals surface area contributed by atoms with Gasteiger partial charge in [0.1, 0.15) is 11.3 Å². The monoisotopic (exact) mass is 523 g/mol. The van der Waals surface area contributed by atoms with Gasteiger partial charge in [-0.2, -0.15) is 0 Å². The molecule has 0 bridgehead atoms. The van der Waals surface area contributed by atoms with E-state index in [1.165, 1.54) is 23.3 Å². The summed E-state index contributed by atoms with van der Waals surface area (Å²) in [6.07, 6.45) is 0. The van der Waals surface area contributed by atoms with Crippen LogP contribution in [0, 0.1) is 27.2 Å². The van der Waals surface area contributed by atoms with E-state index in [9.17, 15) is 25.0 Å². The van der Waals surface area contributed by atoms with Crippen LogP contribution in [-0.2, 0) is 0 Å². The number of carbonyl (C=O) groups excluding carboxylic acids is 1. The summed E-state index contributed by atoms with van der Waals surface area (Å²) in [7, 11) is 1.54. The number of benzene rings is 2. The van der Waals surface area contributed by atoms with Crippen molar-refractivity contribution in [3.63, 3.8) is 0 Å². The van der Waals surface area contributed by atoms with Crippen LogP contribution in [0.4, 0.5) is 16.5 Å². The number of thiazole rings is 1. The topological polar surface area (TPSA) is 132 Å². The van der Waals surface area contributed by atoms with E-state index in [0.717, 1.165) is 41.6 Å². The molecule has 0 N–H and O–H groups in total. The highest BCUT2D eigenvalue weighted by Gasteiger charge is 2.27. The zero-order valence-corrected chi connectivity index (χ0v) is 21.4. The van der Waals surface area contributed by atoms with Gasteiger partial charge in [0.2, 0.25) is 0 Å². The van der Waals surface area contributed by atoms with E-state index in [4.69, 9.17) is 4.74 Å². The fourth-order valence-electron chi connectivity index (χ4n) is 3.53. The highest BCUT2D eigenvalue weighted by molar-refractivity contribution is 7.22. The quantitative estimate of drug-likeness (QED) is 0.272. The predicted molar refractivity (Wildman–Crippen MR) is 137 cm³/mol. The molecule has 1 amide bonds. The maximum Gasteiger partial charge on any atom is 0.277 e. The van der Waals surface area contributed by atoms with Gasteiger partial charge in [0, 0.05) is 25.2 Å². The van der Waals surface area contributed by atoms with E-state index >= 15 is 0 Å². The molecule has 11 nitrogen and oxygen atoms in total. The van der Waals surface area contributed by atoms with Crippen molar-refractivity contribution in [1.29, 1.82) is 0 Å². The van der Waals surface area contributed by atoms with Crippen LogP contribution in [0.5, 0.6) is 5.75 Å². The normalized spacial score (nSPS) is 10.8. The van der Waals surface area contributed by atoms with Crippen molar-refractivity contribution >= 4 is 56.4 Å². The second-order valence-electron chi connectivity index (χ2n) is 7.49. The molecule has 0 fully saturated rings. The molecule has 0 saturated heterocycles. The van der Waals surface area contributed by atoms with E-state index in [-0.39, 0.29) is 24.5 Å². The van der Waals surface area contributed by atoms with Gasteiger partial charge < -0.3 is 9.64 Å². The zero-order chi connectivity index (χ0) is 25.0. The summed E-state index contributed by atoms with van der Waals surface area (Å²) in [5, 5.41) is 23.1. The zero-order valence-electron chi connectivity index (χ0n) is 19.7. The summed E-state index contributed by atoms with van der Waals surface area (Å²) < 4.78 is 6.27. The highest BCUT2D eigenvalue weighted by Crippen LogP contribution is 2.37. The molecule has 35 heavy (non-hydrogen) atoms. The number of methoxy groups -OCH3 is 1. The minimum absolute atomic E-state index is 0. The number of nitrogens with zero attached hydrogens (tertiary/aromatic N) is 5. The molecule has 0 radical (unpaired) electrons. The highest BCUT2D eigenvalue weighted by atomic mass is 35.5. The number of carbonyl (C=O) groups is 1. The van der Waals surface area contributed by atoms with Gasteiger partial charge in [-0.05, 0) is 31.6 Å². The number of aryl methyl sites for hydroxylation is 1. The lowest BCUT2D eigenvalue weighted by Gasteiger charge is -2.24. The first-order valence-electron chi connectivity index (χ1n) is 10.6. The number of fused-ring (bicyclic) bond motifs is 1. The lowest BCUT2D eigenvalue weighted by atomic mass is 10.1. The van der Waals surface area contributed by atoms with Crippen LogP contribution >= 0.6 is 23.7 Å². The maximum atomic E-state index is 13.6. The Hall–Kier alpha value is -3.35. The molecule has 2 aromatic carbocycles. The number of nitro benzene ring substituents is 2. The fourth-order valence-corrected chi connectivity index (χ4v) is 4.61. The third-order valence-corrected chi connectivity index (χ3v) is 6.71. The molecule has 188 valence electrons. The number of hydrogen-bond acceptors (Lipinski definition) is 9. The van der Waals surface area contributed by atoms with Crippen molar-refractivity contribution in [2.75, 3.05) is 38.2 Å². The van der Waals surface area contributed by atoms with Crippen LogP contribution in [0.25, 0.3) is 10.2 Å². The Balaban J connectivity index is 0.00000432. The van der Waals surface area contributed by atoms with E-state index in [1.54, 1.807) is 6.07 Å². The Kier molecular flexibility index (Phi) is 9.46. The van der Waals surface area contributed by atoms with Crippen LogP contribution in [-0.4, -0.2) is 58.9 Å². The van der Waals surface area contributed by atoms with Crippen molar-refractivity contribution < 1.29 is 19.4 Å². The Morgan fingerprint density at radius 2 is 1.66 bits per heavy atom. The van der Waals surface area contributed by atoms with Gasteiger partial charge >= 0.3 is 0 Å². The molecule has 1 aromatic heterocycles. The average Bonchev–Trinajstić information content (AvgIpc) is 3.27. The molecule has 3 rings (SSSR count). The van der Waals surface area contributed by atoms with Gasteiger partial charge in [-0.15, -0.1) is 12.4 Å². The SMILES string of the molecule is CCN(CC)CCN(C(=O)c1cc([N+](=O)[O-])cc([N+](=O)[O-])c1)c1nc2c(OC)ccc(C)c2s1.Cl. The summed E-state index contributed by atoms with van der Waals surface area (Å²) in [5.74, 6) is -0.0418. The number of hydrogen-bond donors (Lipinski definition) is 0. The van der Waals surface area contributed by atoms with Crippen LogP contribution in [0.3, 0.4) is 0 Å². The van der Waals surface area contributed by atoms with Crippen LogP contribution in [0.2, 0.25) is 0 Å². The fraction of sp³-hybridized carbons (Fsp3) is 0.364. The average molecular weight is 524 g/mol. The van der Waals surface area contributed by atoms with E-state index in [0.29, 0.717) is 22.9 Å². The lowest BCUT2D eigenvalue weighted by Crippen LogP contribution is -2.39. The van der Waals surface area contributed by atoms with Crippen molar-refractivity contribution in [2.45, 2.75) is 20.8 Å². The molecule has 13 heteroatoms. The largest absolute Gasteiger partial charge is 0.494 e. The number of nitro groups is 2. The summed E-state index contributed by atoms with van der Waals surface area (Å²) in [6, 6.07) is 6.64. The number of likely N-dealkylation sites (N-methyl/N-ethyl adjacent to an activating group) is 1. The van der Waals surface area contributed by atoms with Gasteiger partial charge in [-0.25, -0.2) is 4.98 Å². The van der Waals surface area contributed by atoms with Crippen LogP contribution in [0.15, 0.2) is 30.3 Å². The number of aromatic nitrogens is 1. The first-order chi connectivity index (χ1) is 16.2. The molecule has 0 atom stereocenters. The van der Waals surface area contributed by atoms with Gasteiger partial charge in [0.25, 0.3) is 17.3 Å². The number of amides is 1. The molecular formula is C22H26ClN5O6S. The Morgan fingerprint density at radius 3 is 2.17 bits per heavy atom. The number of ether oxygens (including phenoxy) is 1. The first kappa shape index (κ1) is 27.9. The molecule has 3 aromatic rings. The van der Waals surface area contributed by atoms with Gasteiger partial charge in [0.05, 0.1) is 33.3 Å². The molecule has 0 aliphatic carbocycles. The summed E-state index contributed by atoms with van der Waals surface area (Å²) in [6.45, 7) is 8.26. The minimum Gasteiger partial charge on any atom is -0.494 e. The maximum absolute atomic E-state index is 13.6. The Labute approximate surface area is 212 Å². The number of rotatable bonds is 10. The second-order valence-corrected chi connectivity index (χ2v) is 8.47. The molecular weight excluding hydrogens is 498 g/mol. The van der Waals surface area contributed by atoms with Gasteiger partial charge in [-0.3, -0.25) is 29.9 Å². The third-order valence-electron chi connectivity index (χ3n) is 5.49. The molecule has 0 aliphatic heterocycles. The number of halogens is 1. The minimum atomic E-state index is -0.754. The van der Waals surface area contributed by atoms with E-state index < -0.39 is 27.1 Å². The third kappa shape index (κ3) is 6.02. The Morgan fingerprint density at radius 1 is 1.06 bits per heavy atom. The summed E-state index contributed by atoms with van der Waals surface area (Å²) >= 11 is 1.30. The summed E-state index contributed by atoms with van der Waals surface area (Å²) in [5.41, 5.74) is 0.365. The van der Waals surface area contributed by atoms with Gasteiger partial charge in [0.15, 0.2) is 5.13 Å². The second kappa shape index (κ2) is 11.9. The number of non-ortho nitro benzene ring substituents is 2. The molecule has 1 heterocycles. The Bertz CT molecular complexity index is 1210. The van der Waals surface area contributed by atoms with Crippen LogP contribution < -0.4 is 9.64 Å². The van der Waals surface area contributed by atoms with Crippen molar-refractivity contribution in [1.82, 2.24) is 9.88 Å². The smallest absolute Gasteiger partial charge is 0.277 e. The first-order valence-corrected chi connectivity index (χ1v) is 11.4. The van der Waals surface area contributed by atoms with E-state index in [2.05, 4.69) is 9.88 Å². The molecule has 0 saturated carbocycles. The molecule has 0 unspecified atom stereocenters. The molecule has 0 spiro atoms. The lowest BCUT2D eigenvalue weighted by molar-refractivity contribution is -0.394. The van der Waals surface area contributed by atoms with Crippen molar-refractivity contribution in [3.8, 4) is 5.75 Å². The summed E-state index contributed by atoms with van der Waals surface area (Å²) in [4.78, 5) is 43.0. The van der Waals surface area contributed by atoms with Crippen molar-refractivity contribution in [2.24, 2.45) is 0 Å². The predicted octanol–water partition coefficient (Wildman–Crippen LogP) is 4.84. The number of anilines is 1. The van der Waals surface area contributed by atoms with E-state index in [1.807, 2.05) is 26.8 Å². The van der Waals surface area contributed by atoms with Gasteiger partial charge in [-0.1, -0.05) is 31.3 Å². The molecule has 0 aliphatic rings.